The Balaban J connectivity index is 1.34. The molecule has 2 aliphatic rings. The molecule has 0 aliphatic heterocycles. The van der Waals surface area contributed by atoms with Crippen LogP contribution in [0.25, 0.3) is 0 Å². The van der Waals surface area contributed by atoms with E-state index in [-0.39, 0.29) is 24.2 Å². The first-order valence-electron chi connectivity index (χ1n) is 10.6. The number of nitrogens with one attached hydrogen (secondary N) is 1. The van der Waals surface area contributed by atoms with Gasteiger partial charge in [-0.1, -0.05) is 0 Å². The highest BCUT2D eigenvalue weighted by molar-refractivity contribution is 5.73. The molecule has 1 atom stereocenters. The van der Waals surface area contributed by atoms with Crippen LogP contribution in [0.1, 0.15) is 63.5 Å². The van der Waals surface area contributed by atoms with Crippen molar-refractivity contribution in [2.24, 2.45) is 5.92 Å². The molecule has 156 valence electrons. The number of carbonyl (C=O) groups is 1. The lowest BCUT2D eigenvalue weighted by molar-refractivity contribution is -0.120. The van der Waals surface area contributed by atoms with Crippen LogP contribution in [0.4, 0.5) is 0 Å². The van der Waals surface area contributed by atoms with Gasteiger partial charge in [0.25, 0.3) is 0 Å². The Morgan fingerprint density at radius 2 is 1.86 bits per heavy atom. The fraction of sp³-hybridized carbons (Fsp3) is 0.727. The molecule has 0 spiro atoms. The van der Waals surface area contributed by atoms with Crippen LogP contribution in [-0.2, 0) is 20.9 Å². The molecule has 1 amide bonds. The zero-order valence-corrected chi connectivity index (χ0v) is 17.4. The number of ether oxygens (including phenoxy) is 3. The summed E-state index contributed by atoms with van der Waals surface area (Å²) in [5.41, 5.74) is 2.30. The van der Waals surface area contributed by atoms with Crippen molar-refractivity contribution in [3.63, 3.8) is 0 Å². The summed E-state index contributed by atoms with van der Waals surface area (Å²) < 4.78 is 17.8. The number of hydrogen-bond acceptors (Lipinski definition) is 5. The monoisotopic (exact) mass is 390 g/mol. The Kier molecular flexibility index (Phi) is 7.68. The molecule has 1 aromatic rings. The number of carbonyl (C=O) groups excluding carboxylic acids is 1. The third kappa shape index (κ3) is 7.06. The lowest BCUT2D eigenvalue weighted by Crippen LogP contribution is -2.36. The fourth-order valence-corrected chi connectivity index (χ4v) is 3.52. The molecule has 2 saturated carbocycles. The molecule has 2 fully saturated rings. The van der Waals surface area contributed by atoms with E-state index in [1.165, 1.54) is 25.3 Å². The topological polar surface area (TPSA) is 69.7 Å². The normalized spacial score (nSPS) is 23.2. The number of rotatable bonds is 10. The first-order chi connectivity index (χ1) is 13.5. The second kappa shape index (κ2) is 10.2. The van der Waals surface area contributed by atoms with Gasteiger partial charge in [0.05, 0.1) is 32.0 Å². The third-order valence-electron chi connectivity index (χ3n) is 5.49. The molecular formula is C22H34N2O4. The van der Waals surface area contributed by atoms with Crippen molar-refractivity contribution in [2.45, 2.75) is 84.2 Å². The van der Waals surface area contributed by atoms with Crippen LogP contribution in [0.5, 0.6) is 5.88 Å². The van der Waals surface area contributed by atoms with Crippen molar-refractivity contribution in [1.29, 1.82) is 0 Å². The quantitative estimate of drug-likeness (QED) is 0.662. The second-order valence-corrected chi connectivity index (χ2v) is 8.35. The molecule has 2 aliphatic carbocycles. The summed E-state index contributed by atoms with van der Waals surface area (Å²) in [4.78, 5) is 15.5. The zero-order valence-electron chi connectivity index (χ0n) is 17.4. The van der Waals surface area contributed by atoms with Crippen molar-refractivity contribution < 1.29 is 19.0 Å². The van der Waals surface area contributed by atoms with Gasteiger partial charge in [0.1, 0.15) is 0 Å². The van der Waals surface area contributed by atoms with Crippen LogP contribution >= 0.6 is 0 Å². The van der Waals surface area contributed by atoms with Crippen molar-refractivity contribution in [3.05, 3.63) is 23.4 Å². The molecule has 1 N–H and O–H groups in total. The maximum atomic E-state index is 11.0. The van der Waals surface area contributed by atoms with Crippen molar-refractivity contribution in [2.75, 3.05) is 13.2 Å². The average molecular weight is 391 g/mol. The summed E-state index contributed by atoms with van der Waals surface area (Å²) in [6.07, 6.45) is 9.02. The van der Waals surface area contributed by atoms with E-state index >= 15 is 0 Å². The van der Waals surface area contributed by atoms with Gasteiger partial charge in [0, 0.05) is 25.2 Å². The molecule has 28 heavy (non-hydrogen) atoms. The molecule has 0 unspecified atom stereocenters. The van der Waals surface area contributed by atoms with Gasteiger partial charge < -0.3 is 19.5 Å². The summed E-state index contributed by atoms with van der Waals surface area (Å²) in [6.45, 7) is 7.54. The highest BCUT2D eigenvalue weighted by Crippen LogP contribution is 2.29. The van der Waals surface area contributed by atoms with Crippen molar-refractivity contribution >= 4 is 5.91 Å². The maximum Gasteiger partial charge on any atom is 0.217 e. The highest BCUT2D eigenvalue weighted by atomic mass is 16.5. The number of pyridine rings is 1. The van der Waals surface area contributed by atoms with Gasteiger partial charge in [-0.3, -0.25) is 4.79 Å². The third-order valence-corrected chi connectivity index (χ3v) is 5.49. The van der Waals surface area contributed by atoms with E-state index in [9.17, 15) is 4.79 Å². The summed E-state index contributed by atoms with van der Waals surface area (Å²) in [7, 11) is 0. The molecule has 6 heteroatoms. The highest BCUT2D eigenvalue weighted by Gasteiger charge is 2.24. The minimum Gasteiger partial charge on any atom is -0.477 e. The van der Waals surface area contributed by atoms with Crippen LogP contribution in [0.15, 0.2) is 12.3 Å². The molecule has 1 heterocycles. The summed E-state index contributed by atoms with van der Waals surface area (Å²) in [6, 6.07) is 2.07. The molecule has 3 rings (SSSR count). The van der Waals surface area contributed by atoms with Gasteiger partial charge in [0.2, 0.25) is 11.8 Å². The Labute approximate surface area is 168 Å². The smallest absolute Gasteiger partial charge is 0.217 e. The van der Waals surface area contributed by atoms with Crippen LogP contribution in [-0.4, -0.2) is 42.4 Å². The Bertz CT molecular complexity index is 639. The lowest BCUT2D eigenvalue weighted by atomic mass is 9.95. The molecule has 0 aromatic carbocycles. The predicted octanol–water partition coefficient (Wildman–Crippen LogP) is 3.55. The van der Waals surface area contributed by atoms with E-state index in [0.29, 0.717) is 13.2 Å². The minimum absolute atomic E-state index is 0.0134. The van der Waals surface area contributed by atoms with E-state index in [1.54, 1.807) is 0 Å². The fourth-order valence-electron chi connectivity index (χ4n) is 3.52. The lowest BCUT2D eigenvalue weighted by Gasteiger charge is -2.29. The van der Waals surface area contributed by atoms with E-state index in [1.807, 2.05) is 19.2 Å². The average Bonchev–Trinajstić information content (AvgIpc) is 3.49. The number of nitrogens with zero attached hydrogens (tertiary/aromatic N) is 1. The molecule has 0 saturated heterocycles. The standard InChI is InChI=1S/C22H34N2O4/c1-15-10-22(28-13-18-4-5-18)23-11-19(15)14-27-21-8-6-20(7-9-21)26-12-16(2)24-17(3)25/h10-11,16,18,20-21H,4-9,12-14H2,1-3H3,(H,24,25)/t16-,20-,21-/m0/s1. The second-order valence-electron chi connectivity index (χ2n) is 8.35. The first-order valence-corrected chi connectivity index (χ1v) is 10.6. The van der Waals surface area contributed by atoms with Crippen molar-refractivity contribution in [1.82, 2.24) is 10.3 Å². The Morgan fingerprint density at radius 3 is 2.46 bits per heavy atom. The minimum atomic E-state index is -0.0134. The first kappa shape index (κ1) is 21.1. The van der Waals surface area contributed by atoms with Crippen LogP contribution in [0, 0.1) is 12.8 Å². The SMILES string of the molecule is CC(=O)N[C@@H](C)CO[C@H]1CC[C@H](OCc2cnc(OCC3CC3)cc2C)CC1. The maximum absolute atomic E-state index is 11.0. The van der Waals surface area contributed by atoms with Crippen LogP contribution in [0.3, 0.4) is 0 Å². The van der Waals surface area contributed by atoms with Gasteiger partial charge in [-0.15, -0.1) is 0 Å². The van der Waals surface area contributed by atoms with Gasteiger partial charge in [0.15, 0.2) is 0 Å². The largest absolute Gasteiger partial charge is 0.477 e. The number of aryl methyl sites for hydroxylation is 1. The Morgan fingerprint density at radius 1 is 1.18 bits per heavy atom. The van der Waals surface area contributed by atoms with Crippen LogP contribution in [0.2, 0.25) is 0 Å². The van der Waals surface area contributed by atoms with Gasteiger partial charge in [-0.05, 0) is 69.4 Å². The summed E-state index contributed by atoms with van der Waals surface area (Å²) in [5.74, 6) is 1.44. The molecular weight excluding hydrogens is 356 g/mol. The van der Waals surface area contributed by atoms with Gasteiger partial charge >= 0.3 is 0 Å². The van der Waals surface area contributed by atoms with E-state index < -0.39 is 0 Å². The molecule has 6 nitrogen and oxygen atoms in total. The molecule has 0 bridgehead atoms. The van der Waals surface area contributed by atoms with E-state index in [4.69, 9.17) is 14.2 Å². The number of hydrogen-bond donors (Lipinski definition) is 1. The van der Waals surface area contributed by atoms with Crippen molar-refractivity contribution in [3.8, 4) is 5.88 Å². The van der Waals surface area contributed by atoms with Crippen LogP contribution < -0.4 is 10.1 Å². The molecule has 1 aromatic heterocycles. The van der Waals surface area contributed by atoms with E-state index in [0.717, 1.165) is 49.7 Å². The molecule has 0 radical (unpaired) electrons. The van der Waals surface area contributed by atoms with Gasteiger partial charge in [-0.25, -0.2) is 4.98 Å². The van der Waals surface area contributed by atoms with E-state index in [2.05, 4.69) is 17.2 Å². The summed E-state index contributed by atoms with van der Waals surface area (Å²) >= 11 is 0. The number of amides is 1. The van der Waals surface area contributed by atoms with Gasteiger partial charge in [-0.2, -0.15) is 0 Å². The zero-order chi connectivity index (χ0) is 19.9. The summed E-state index contributed by atoms with van der Waals surface area (Å²) in [5, 5.41) is 2.85. The Hall–Kier alpha value is -1.66. The number of aromatic nitrogens is 1. The predicted molar refractivity (Wildman–Crippen MR) is 107 cm³/mol.